The first kappa shape index (κ1) is 14.8. The molecule has 0 spiro atoms. The summed E-state index contributed by atoms with van der Waals surface area (Å²) in [5.41, 5.74) is 5.81. The maximum Gasteiger partial charge on any atom is 0.227 e. The molecule has 1 heterocycles. The van der Waals surface area contributed by atoms with Gasteiger partial charge in [0.25, 0.3) is 0 Å². The van der Waals surface area contributed by atoms with E-state index in [0.717, 1.165) is 31.2 Å². The Labute approximate surface area is 117 Å². The van der Waals surface area contributed by atoms with Crippen LogP contribution in [0.25, 0.3) is 0 Å². The van der Waals surface area contributed by atoms with E-state index in [1.807, 2.05) is 0 Å². The molecule has 3 heteroatoms. The van der Waals surface area contributed by atoms with E-state index in [1.54, 1.807) is 0 Å². The third-order valence-corrected chi connectivity index (χ3v) is 5.29. The number of hydrogen-bond acceptors (Lipinski definition) is 2. The lowest BCUT2D eigenvalue weighted by Gasteiger charge is -2.48. The van der Waals surface area contributed by atoms with Crippen molar-refractivity contribution < 1.29 is 4.79 Å². The molecule has 1 amide bonds. The monoisotopic (exact) mass is 266 g/mol. The fourth-order valence-corrected chi connectivity index (χ4v) is 4.11. The number of amides is 1. The Hall–Kier alpha value is -0.570. The van der Waals surface area contributed by atoms with E-state index in [2.05, 4.69) is 18.7 Å². The van der Waals surface area contributed by atoms with Gasteiger partial charge in [-0.25, -0.2) is 0 Å². The van der Waals surface area contributed by atoms with E-state index in [1.165, 1.54) is 32.1 Å². The predicted molar refractivity (Wildman–Crippen MR) is 78.7 cm³/mol. The van der Waals surface area contributed by atoms with Crippen LogP contribution in [0.5, 0.6) is 0 Å². The first-order valence-corrected chi connectivity index (χ1v) is 8.19. The van der Waals surface area contributed by atoms with Gasteiger partial charge in [0.15, 0.2) is 0 Å². The van der Waals surface area contributed by atoms with Crippen LogP contribution in [0.3, 0.4) is 0 Å². The molecule has 0 bridgehead atoms. The maximum absolute atomic E-state index is 12.7. The molecule has 1 aliphatic carbocycles. The fraction of sp³-hybridized carbons (Fsp3) is 0.938. The quantitative estimate of drug-likeness (QED) is 0.850. The fourth-order valence-electron chi connectivity index (χ4n) is 4.11. The Kier molecular flexibility index (Phi) is 5.26. The summed E-state index contributed by atoms with van der Waals surface area (Å²) in [4.78, 5) is 14.9. The van der Waals surface area contributed by atoms with Gasteiger partial charge in [-0.05, 0) is 37.5 Å². The lowest BCUT2D eigenvalue weighted by atomic mass is 9.72. The number of rotatable bonds is 4. The number of likely N-dealkylation sites (tertiary alicyclic amines) is 1. The number of nitrogens with zero attached hydrogens (tertiary/aromatic N) is 1. The molecule has 1 saturated heterocycles. The van der Waals surface area contributed by atoms with Crippen LogP contribution in [-0.2, 0) is 4.79 Å². The minimum absolute atomic E-state index is 0.0565. The summed E-state index contributed by atoms with van der Waals surface area (Å²) in [6.45, 7) is 5.98. The van der Waals surface area contributed by atoms with Crippen molar-refractivity contribution in [2.75, 3.05) is 13.1 Å². The zero-order valence-corrected chi connectivity index (χ0v) is 12.6. The van der Waals surface area contributed by atoms with Gasteiger partial charge in [0.1, 0.15) is 0 Å². The van der Waals surface area contributed by atoms with Crippen LogP contribution >= 0.6 is 0 Å². The minimum atomic E-state index is 0.0565. The lowest BCUT2D eigenvalue weighted by molar-refractivity contribution is -0.143. The topological polar surface area (TPSA) is 46.3 Å². The van der Waals surface area contributed by atoms with Crippen molar-refractivity contribution in [3.63, 3.8) is 0 Å². The van der Waals surface area contributed by atoms with Crippen LogP contribution in [0.2, 0.25) is 0 Å². The van der Waals surface area contributed by atoms with Crippen molar-refractivity contribution in [3.8, 4) is 0 Å². The average Bonchev–Trinajstić information content (AvgIpc) is 2.45. The van der Waals surface area contributed by atoms with Crippen LogP contribution in [-0.4, -0.2) is 29.9 Å². The highest BCUT2D eigenvalue weighted by molar-refractivity contribution is 5.79. The molecule has 1 saturated carbocycles. The van der Waals surface area contributed by atoms with Gasteiger partial charge < -0.3 is 10.6 Å². The molecule has 0 aromatic heterocycles. The molecule has 2 fully saturated rings. The summed E-state index contributed by atoms with van der Waals surface area (Å²) in [5, 5.41) is 0. The van der Waals surface area contributed by atoms with E-state index < -0.39 is 0 Å². The van der Waals surface area contributed by atoms with Gasteiger partial charge >= 0.3 is 0 Å². The SMILES string of the molecule is CCCC(CN)C(=O)N1CCC(C)C2CCCCC21. The molecular weight excluding hydrogens is 236 g/mol. The van der Waals surface area contributed by atoms with E-state index in [4.69, 9.17) is 5.73 Å². The van der Waals surface area contributed by atoms with Crippen LogP contribution in [0.15, 0.2) is 0 Å². The van der Waals surface area contributed by atoms with E-state index >= 15 is 0 Å². The predicted octanol–water partition coefficient (Wildman–Crippen LogP) is 2.79. The number of hydrogen-bond donors (Lipinski definition) is 1. The smallest absolute Gasteiger partial charge is 0.227 e. The molecule has 110 valence electrons. The molecule has 3 nitrogen and oxygen atoms in total. The molecule has 1 aliphatic heterocycles. The zero-order chi connectivity index (χ0) is 13.8. The lowest BCUT2D eigenvalue weighted by Crippen LogP contribution is -2.54. The molecule has 2 aliphatic rings. The summed E-state index contributed by atoms with van der Waals surface area (Å²) in [7, 11) is 0. The number of carbonyl (C=O) groups excluding carboxylic acids is 1. The number of nitrogens with two attached hydrogens (primary N) is 1. The van der Waals surface area contributed by atoms with Crippen LogP contribution in [0.4, 0.5) is 0 Å². The van der Waals surface area contributed by atoms with Gasteiger partial charge in [-0.1, -0.05) is 33.1 Å². The largest absolute Gasteiger partial charge is 0.339 e. The van der Waals surface area contributed by atoms with Gasteiger partial charge in [-0.3, -0.25) is 4.79 Å². The molecule has 0 aromatic carbocycles. The normalized spacial score (nSPS) is 32.8. The number of carbonyl (C=O) groups is 1. The van der Waals surface area contributed by atoms with Crippen molar-refractivity contribution in [3.05, 3.63) is 0 Å². The molecule has 2 N–H and O–H groups in total. The minimum Gasteiger partial charge on any atom is -0.339 e. The molecule has 0 radical (unpaired) electrons. The molecule has 4 atom stereocenters. The van der Waals surface area contributed by atoms with Crippen LogP contribution < -0.4 is 5.73 Å². The van der Waals surface area contributed by atoms with Gasteiger partial charge in [0.2, 0.25) is 5.91 Å². The number of fused-ring (bicyclic) bond motifs is 1. The third-order valence-electron chi connectivity index (χ3n) is 5.29. The highest BCUT2D eigenvalue weighted by Gasteiger charge is 2.40. The highest BCUT2D eigenvalue weighted by Crippen LogP contribution is 2.39. The van der Waals surface area contributed by atoms with E-state index in [9.17, 15) is 4.79 Å². The van der Waals surface area contributed by atoms with Gasteiger partial charge in [0, 0.05) is 19.1 Å². The molecule has 2 rings (SSSR count). The van der Waals surface area contributed by atoms with Gasteiger partial charge in [0.05, 0.1) is 5.92 Å². The molecule has 19 heavy (non-hydrogen) atoms. The first-order valence-electron chi connectivity index (χ1n) is 8.19. The number of piperidine rings is 1. The second-order valence-electron chi connectivity index (χ2n) is 6.53. The van der Waals surface area contributed by atoms with Crippen molar-refractivity contribution >= 4 is 5.91 Å². The summed E-state index contributed by atoms with van der Waals surface area (Å²) in [6.07, 6.45) is 8.34. The van der Waals surface area contributed by atoms with Crippen molar-refractivity contribution in [1.29, 1.82) is 0 Å². The summed E-state index contributed by atoms with van der Waals surface area (Å²) in [5.74, 6) is 1.93. The third kappa shape index (κ3) is 3.13. The first-order chi connectivity index (χ1) is 9.19. The molecule has 0 aromatic rings. The van der Waals surface area contributed by atoms with Crippen molar-refractivity contribution in [2.45, 2.75) is 64.8 Å². The maximum atomic E-state index is 12.7. The summed E-state index contributed by atoms with van der Waals surface area (Å²) < 4.78 is 0. The summed E-state index contributed by atoms with van der Waals surface area (Å²) in [6, 6.07) is 0.510. The summed E-state index contributed by atoms with van der Waals surface area (Å²) >= 11 is 0. The molecule has 4 unspecified atom stereocenters. The van der Waals surface area contributed by atoms with Crippen molar-refractivity contribution in [2.24, 2.45) is 23.5 Å². The Morgan fingerprint density at radius 2 is 2.05 bits per heavy atom. The highest BCUT2D eigenvalue weighted by atomic mass is 16.2. The van der Waals surface area contributed by atoms with Crippen LogP contribution in [0, 0.1) is 17.8 Å². The molecular formula is C16H30N2O. The second-order valence-corrected chi connectivity index (χ2v) is 6.53. The Morgan fingerprint density at radius 3 is 2.74 bits per heavy atom. The zero-order valence-electron chi connectivity index (χ0n) is 12.6. The standard InChI is InChI=1S/C16H30N2O/c1-3-6-13(11-17)16(19)18-10-9-12(2)14-7-4-5-8-15(14)18/h12-15H,3-11,17H2,1-2H3. The van der Waals surface area contributed by atoms with E-state index in [-0.39, 0.29) is 5.92 Å². The average molecular weight is 266 g/mol. The van der Waals surface area contributed by atoms with Gasteiger partial charge in [-0.2, -0.15) is 0 Å². The Balaban J connectivity index is 2.07. The van der Waals surface area contributed by atoms with Crippen molar-refractivity contribution in [1.82, 2.24) is 4.90 Å². The van der Waals surface area contributed by atoms with E-state index in [0.29, 0.717) is 18.5 Å². The van der Waals surface area contributed by atoms with Gasteiger partial charge in [-0.15, -0.1) is 0 Å². The van der Waals surface area contributed by atoms with Crippen LogP contribution in [0.1, 0.15) is 58.8 Å². The second kappa shape index (κ2) is 6.74. The Morgan fingerprint density at radius 1 is 1.32 bits per heavy atom. The Bertz CT molecular complexity index is 305.